The molecule has 9 nitrogen and oxygen atoms in total. The maximum Gasteiger partial charge on any atom is 0.229 e. The lowest BCUT2D eigenvalue weighted by Crippen LogP contribution is -2.48. The number of rotatable bonds is 7. The molecule has 0 amide bonds. The van der Waals surface area contributed by atoms with Crippen LogP contribution in [0.4, 0.5) is 23.1 Å². The number of nitrogens with one attached hydrogen (secondary N) is 2. The third kappa shape index (κ3) is 6.63. The fourth-order valence-electron chi connectivity index (χ4n) is 5.37. The molecule has 2 aromatic heterocycles. The third-order valence-corrected chi connectivity index (χ3v) is 9.37. The summed E-state index contributed by atoms with van der Waals surface area (Å²) >= 11 is 6.12. The van der Waals surface area contributed by atoms with Crippen LogP contribution in [0.2, 0.25) is 5.02 Å². The van der Waals surface area contributed by atoms with E-state index in [1.165, 1.54) is 0 Å². The Morgan fingerprint density at radius 3 is 2.42 bits per heavy atom. The minimum absolute atomic E-state index is 0.176. The predicted molar refractivity (Wildman–Crippen MR) is 159 cm³/mol. The summed E-state index contributed by atoms with van der Waals surface area (Å²) in [4.78, 5) is 15.7. The first-order valence-corrected chi connectivity index (χ1v) is 15.7. The van der Waals surface area contributed by atoms with E-state index in [1.54, 1.807) is 18.5 Å². The molecule has 2 aliphatic rings. The van der Waals surface area contributed by atoms with Gasteiger partial charge in [-0.15, -0.1) is 0 Å². The van der Waals surface area contributed by atoms with E-state index < -0.39 is 9.84 Å². The number of halogens is 1. The molecule has 0 spiro atoms. The Morgan fingerprint density at radius 2 is 1.65 bits per heavy atom. The van der Waals surface area contributed by atoms with Crippen molar-refractivity contribution in [2.75, 3.05) is 35.2 Å². The van der Waals surface area contributed by atoms with Crippen LogP contribution >= 0.6 is 11.6 Å². The first kappa shape index (κ1) is 26.7. The van der Waals surface area contributed by atoms with Gasteiger partial charge in [0.15, 0.2) is 9.84 Å². The fourth-order valence-corrected chi connectivity index (χ4v) is 6.78. The van der Waals surface area contributed by atoms with Gasteiger partial charge in [-0.1, -0.05) is 11.6 Å². The molecule has 1 aliphatic carbocycles. The van der Waals surface area contributed by atoms with Crippen molar-refractivity contribution >= 4 is 55.5 Å². The van der Waals surface area contributed by atoms with E-state index >= 15 is 0 Å². The Balaban J connectivity index is 1.01. The second-order valence-corrected chi connectivity index (χ2v) is 13.1. The fraction of sp³-hybridized carbons (Fsp3) is 0.345. The normalized spacial score (nSPS) is 21.1. The lowest BCUT2D eigenvalue weighted by Gasteiger charge is -2.38. The molecule has 2 N–H and O–H groups in total. The van der Waals surface area contributed by atoms with Crippen LogP contribution in [0.3, 0.4) is 0 Å². The van der Waals surface area contributed by atoms with Gasteiger partial charge in [0.2, 0.25) is 5.95 Å². The second kappa shape index (κ2) is 11.6. The van der Waals surface area contributed by atoms with Crippen molar-refractivity contribution in [2.45, 2.75) is 37.8 Å². The molecule has 2 aromatic carbocycles. The number of fused-ring (bicyclic) bond motifs is 1. The maximum absolute atomic E-state index is 11.7. The standard InChI is InChI=1S/C29H31ClN6O3S/c30-21-1-10-27-20(17-21)18-23(19-32-27)33-28-11-12-31-29(35-28)34-22-2-6-25(7-3-22)39-26-8-4-24(5-9-26)36-13-15-40(37,38)16-14-36/h1-3,6-7,10-12,17-19,24,26H,4-5,8-9,13-16H2,(H2,31,33,34,35). The van der Waals surface area contributed by atoms with Gasteiger partial charge < -0.3 is 15.4 Å². The predicted octanol–water partition coefficient (Wildman–Crippen LogP) is 5.59. The molecule has 208 valence electrons. The molecule has 1 saturated carbocycles. The van der Waals surface area contributed by atoms with Crippen molar-refractivity contribution in [1.29, 1.82) is 0 Å². The summed E-state index contributed by atoms with van der Waals surface area (Å²) in [5.41, 5.74) is 2.53. The van der Waals surface area contributed by atoms with Gasteiger partial charge in [0, 0.05) is 41.4 Å². The highest BCUT2D eigenvalue weighted by Gasteiger charge is 2.30. The largest absolute Gasteiger partial charge is 0.490 e. The minimum Gasteiger partial charge on any atom is -0.490 e. The van der Waals surface area contributed by atoms with Crippen molar-refractivity contribution in [3.8, 4) is 5.75 Å². The van der Waals surface area contributed by atoms with E-state index in [9.17, 15) is 8.42 Å². The highest BCUT2D eigenvalue weighted by molar-refractivity contribution is 7.91. The van der Waals surface area contributed by atoms with Crippen molar-refractivity contribution < 1.29 is 13.2 Å². The number of aromatic nitrogens is 3. The highest BCUT2D eigenvalue weighted by Crippen LogP contribution is 2.29. The minimum atomic E-state index is -2.84. The lowest BCUT2D eigenvalue weighted by molar-refractivity contribution is 0.0924. The molecule has 0 unspecified atom stereocenters. The van der Waals surface area contributed by atoms with E-state index in [-0.39, 0.29) is 17.6 Å². The zero-order chi connectivity index (χ0) is 27.5. The monoisotopic (exact) mass is 578 g/mol. The molecule has 0 bridgehead atoms. The Labute approximate surface area is 238 Å². The quantitative estimate of drug-likeness (QED) is 0.290. The van der Waals surface area contributed by atoms with Crippen molar-refractivity contribution in [2.24, 2.45) is 0 Å². The topological polar surface area (TPSA) is 109 Å². The zero-order valence-electron chi connectivity index (χ0n) is 22.0. The first-order valence-electron chi connectivity index (χ1n) is 13.5. The molecular formula is C29H31ClN6O3S. The van der Waals surface area contributed by atoms with Gasteiger partial charge in [-0.25, -0.2) is 13.4 Å². The molecule has 1 saturated heterocycles. The molecular weight excluding hydrogens is 548 g/mol. The van der Waals surface area contributed by atoms with Crippen LogP contribution in [0, 0.1) is 0 Å². The van der Waals surface area contributed by atoms with E-state index in [4.69, 9.17) is 16.3 Å². The number of nitrogens with zero attached hydrogens (tertiary/aromatic N) is 4. The number of benzene rings is 2. The summed E-state index contributed by atoms with van der Waals surface area (Å²) in [6.45, 7) is 1.32. The van der Waals surface area contributed by atoms with Crippen molar-refractivity contribution in [1.82, 2.24) is 19.9 Å². The van der Waals surface area contributed by atoms with Gasteiger partial charge in [-0.05, 0) is 80.3 Å². The number of pyridine rings is 1. The summed E-state index contributed by atoms with van der Waals surface area (Å²) in [5.74, 6) is 2.51. The van der Waals surface area contributed by atoms with E-state index in [0.717, 1.165) is 53.7 Å². The lowest BCUT2D eigenvalue weighted by atomic mass is 9.91. The van der Waals surface area contributed by atoms with E-state index in [1.807, 2.05) is 48.5 Å². The van der Waals surface area contributed by atoms with Crippen LogP contribution in [0.25, 0.3) is 10.9 Å². The summed E-state index contributed by atoms with van der Waals surface area (Å²) < 4.78 is 29.7. The molecule has 6 rings (SSSR count). The van der Waals surface area contributed by atoms with Crippen LogP contribution in [0.1, 0.15) is 25.7 Å². The van der Waals surface area contributed by atoms with Crippen LogP contribution in [-0.4, -0.2) is 65.0 Å². The van der Waals surface area contributed by atoms with E-state index in [0.29, 0.717) is 35.9 Å². The number of ether oxygens (including phenoxy) is 1. The molecule has 0 atom stereocenters. The molecule has 3 heterocycles. The van der Waals surface area contributed by atoms with Crippen LogP contribution in [0.15, 0.2) is 67.0 Å². The van der Waals surface area contributed by atoms with Crippen LogP contribution in [-0.2, 0) is 9.84 Å². The second-order valence-electron chi connectivity index (χ2n) is 10.3. The van der Waals surface area contributed by atoms with Gasteiger partial charge in [-0.2, -0.15) is 4.98 Å². The summed E-state index contributed by atoms with van der Waals surface area (Å²) in [6.07, 6.45) is 7.65. The molecule has 4 aromatic rings. The number of anilines is 4. The summed E-state index contributed by atoms with van der Waals surface area (Å²) in [6, 6.07) is 17.7. The van der Waals surface area contributed by atoms with Gasteiger partial charge in [0.05, 0.1) is 35.0 Å². The number of hydrogen-bond acceptors (Lipinski definition) is 9. The van der Waals surface area contributed by atoms with Crippen LogP contribution < -0.4 is 15.4 Å². The van der Waals surface area contributed by atoms with Crippen LogP contribution in [0.5, 0.6) is 5.75 Å². The average molecular weight is 579 g/mol. The first-order chi connectivity index (χ1) is 19.4. The van der Waals surface area contributed by atoms with Gasteiger partial charge in [0.1, 0.15) is 11.6 Å². The maximum atomic E-state index is 11.7. The number of sulfone groups is 1. The van der Waals surface area contributed by atoms with Crippen molar-refractivity contribution in [3.63, 3.8) is 0 Å². The Hall–Kier alpha value is -3.47. The van der Waals surface area contributed by atoms with Gasteiger partial charge >= 0.3 is 0 Å². The zero-order valence-corrected chi connectivity index (χ0v) is 23.5. The average Bonchev–Trinajstić information content (AvgIpc) is 2.95. The number of hydrogen-bond donors (Lipinski definition) is 2. The Morgan fingerprint density at radius 1 is 0.875 bits per heavy atom. The van der Waals surface area contributed by atoms with Gasteiger partial charge in [0.25, 0.3) is 0 Å². The highest BCUT2D eigenvalue weighted by atomic mass is 35.5. The van der Waals surface area contributed by atoms with Gasteiger partial charge in [-0.3, -0.25) is 9.88 Å². The molecule has 40 heavy (non-hydrogen) atoms. The Bertz CT molecular complexity index is 1580. The van der Waals surface area contributed by atoms with Crippen molar-refractivity contribution in [3.05, 3.63) is 72.0 Å². The SMILES string of the molecule is O=S1(=O)CCN(C2CCC(Oc3ccc(Nc4nccc(Nc5cnc6ccc(Cl)cc6c5)n4)cc3)CC2)CC1. The smallest absolute Gasteiger partial charge is 0.229 e. The molecule has 11 heteroatoms. The molecule has 0 radical (unpaired) electrons. The summed E-state index contributed by atoms with van der Waals surface area (Å²) in [7, 11) is -2.84. The molecule has 2 fully saturated rings. The Kier molecular flexibility index (Phi) is 7.73. The van der Waals surface area contributed by atoms with E-state index in [2.05, 4.69) is 30.5 Å². The third-order valence-electron chi connectivity index (χ3n) is 7.52. The molecule has 1 aliphatic heterocycles. The summed E-state index contributed by atoms with van der Waals surface area (Å²) in [5, 5.41) is 8.13.